The molecule has 0 aliphatic rings. The van der Waals surface area contributed by atoms with E-state index in [1.165, 1.54) is 6.92 Å². The van der Waals surface area contributed by atoms with Gasteiger partial charge in [0.2, 0.25) is 0 Å². The van der Waals surface area contributed by atoms with Crippen molar-refractivity contribution < 1.29 is 13.2 Å². The van der Waals surface area contributed by atoms with E-state index in [2.05, 4.69) is 4.98 Å². The summed E-state index contributed by atoms with van der Waals surface area (Å²) in [6.07, 6.45) is -2.33. The quantitative estimate of drug-likeness (QED) is 0.550. The first-order chi connectivity index (χ1) is 4.52. The van der Waals surface area contributed by atoms with Crippen LogP contribution in [0.4, 0.5) is 13.2 Å². The molecule has 2 nitrogen and oxygen atoms in total. The summed E-state index contributed by atoms with van der Waals surface area (Å²) in [4.78, 5) is 3.43. The molecule has 1 aromatic heterocycles. The topological polar surface area (TPSA) is 17.8 Å². The predicted octanol–water partition coefficient (Wildman–Crippen LogP) is 1.67. The molecule has 5 heteroatoms. The number of imidazole rings is 1. The SMILES string of the molecule is Cc1nccn1C(F)(F)F. The normalized spacial score (nSPS) is 12.0. The number of hydrogen-bond acceptors (Lipinski definition) is 1. The number of hydrogen-bond donors (Lipinski definition) is 0. The van der Waals surface area contributed by atoms with Gasteiger partial charge < -0.3 is 0 Å². The Morgan fingerprint density at radius 1 is 1.50 bits per heavy atom. The molecule has 0 aliphatic heterocycles. The predicted molar refractivity (Wildman–Crippen MR) is 28.3 cm³/mol. The molecule has 0 aliphatic carbocycles. The monoisotopic (exact) mass is 150 g/mol. The minimum Gasteiger partial charge on any atom is -0.246 e. The summed E-state index contributed by atoms with van der Waals surface area (Å²) in [6.45, 7) is 1.30. The van der Waals surface area contributed by atoms with E-state index in [0.717, 1.165) is 12.4 Å². The smallest absolute Gasteiger partial charge is 0.246 e. The first kappa shape index (κ1) is 7.11. The summed E-state index contributed by atoms with van der Waals surface area (Å²) in [5.41, 5.74) is 0. The second kappa shape index (κ2) is 2.00. The van der Waals surface area contributed by atoms with E-state index in [4.69, 9.17) is 0 Å². The van der Waals surface area contributed by atoms with Gasteiger partial charge in [-0.2, -0.15) is 0 Å². The summed E-state index contributed by atoms with van der Waals surface area (Å²) in [5, 5.41) is 0. The van der Waals surface area contributed by atoms with Gasteiger partial charge in [-0.25, -0.2) is 9.55 Å². The number of aromatic nitrogens is 2. The van der Waals surface area contributed by atoms with Crippen molar-refractivity contribution in [1.29, 1.82) is 0 Å². The Bertz CT molecular complexity index is 225. The Morgan fingerprint density at radius 2 is 2.10 bits per heavy atom. The van der Waals surface area contributed by atoms with Gasteiger partial charge in [-0.15, -0.1) is 13.2 Å². The van der Waals surface area contributed by atoms with Gasteiger partial charge in [0.05, 0.1) is 0 Å². The molecule has 10 heavy (non-hydrogen) atoms. The van der Waals surface area contributed by atoms with Crippen LogP contribution in [0, 0.1) is 6.92 Å². The molecule has 0 unspecified atom stereocenters. The third-order valence-corrected chi connectivity index (χ3v) is 1.10. The maximum absolute atomic E-state index is 11.8. The standard InChI is InChI=1S/C5H5F3N2/c1-4-9-2-3-10(4)5(6,7)8/h2-3H,1H3. The van der Waals surface area contributed by atoms with Crippen LogP contribution >= 0.6 is 0 Å². The van der Waals surface area contributed by atoms with Gasteiger partial charge in [-0.3, -0.25) is 0 Å². The van der Waals surface area contributed by atoms with E-state index in [-0.39, 0.29) is 10.4 Å². The van der Waals surface area contributed by atoms with Crippen LogP contribution in [0.25, 0.3) is 0 Å². The van der Waals surface area contributed by atoms with Crippen LogP contribution in [0.5, 0.6) is 0 Å². The highest BCUT2D eigenvalue weighted by Gasteiger charge is 2.31. The van der Waals surface area contributed by atoms with E-state index in [1.54, 1.807) is 0 Å². The van der Waals surface area contributed by atoms with Crippen LogP contribution in [0.2, 0.25) is 0 Å². The molecule has 1 rings (SSSR count). The van der Waals surface area contributed by atoms with E-state index < -0.39 is 6.30 Å². The largest absolute Gasteiger partial charge is 0.489 e. The molecule has 0 atom stereocenters. The zero-order chi connectivity index (χ0) is 7.78. The number of aryl methyl sites for hydroxylation is 1. The lowest BCUT2D eigenvalue weighted by Crippen LogP contribution is -2.16. The average Bonchev–Trinajstić information content (AvgIpc) is 2.11. The molecule has 0 N–H and O–H groups in total. The van der Waals surface area contributed by atoms with Crippen LogP contribution in [-0.4, -0.2) is 9.55 Å². The van der Waals surface area contributed by atoms with Crippen molar-refractivity contribution in [3.63, 3.8) is 0 Å². The Kier molecular flexibility index (Phi) is 1.42. The Labute approximate surface area is 55.3 Å². The van der Waals surface area contributed by atoms with Gasteiger partial charge in [-0.05, 0) is 6.92 Å². The molecule has 1 aromatic rings. The molecule has 0 bridgehead atoms. The molecule has 0 saturated carbocycles. The minimum atomic E-state index is -4.33. The molecule has 0 fully saturated rings. The summed E-state index contributed by atoms with van der Waals surface area (Å²) < 4.78 is 35.6. The summed E-state index contributed by atoms with van der Waals surface area (Å²) >= 11 is 0. The zero-order valence-electron chi connectivity index (χ0n) is 5.18. The summed E-state index contributed by atoms with van der Waals surface area (Å²) in [5.74, 6) is -0.0486. The van der Waals surface area contributed by atoms with Crippen molar-refractivity contribution in [1.82, 2.24) is 9.55 Å². The molecule has 1 heterocycles. The van der Waals surface area contributed by atoms with Gasteiger partial charge in [0.1, 0.15) is 5.82 Å². The lowest BCUT2D eigenvalue weighted by atomic mass is 10.7. The maximum atomic E-state index is 11.8. The summed E-state index contributed by atoms with van der Waals surface area (Å²) in [6, 6.07) is 0. The molecule has 0 saturated heterocycles. The Hall–Kier alpha value is -1.00. The maximum Gasteiger partial charge on any atom is 0.489 e. The van der Waals surface area contributed by atoms with Gasteiger partial charge in [-0.1, -0.05) is 0 Å². The van der Waals surface area contributed by atoms with Crippen LogP contribution < -0.4 is 0 Å². The third-order valence-electron chi connectivity index (χ3n) is 1.10. The highest BCUT2D eigenvalue weighted by molar-refractivity contribution is 4.89. The zero-order valence-corrected chi connectivity index (χ0v) is 5.18. The van der Waals surface area contributed by atoms with E-state index >= 15 is 0 Å². The second-order valence-electron chi connectivity index (χ2n) is 1.81. The highest BCUT2D eigenvalue weighted by atomic mass is 19.4. The Balaban J connectivity index is 3.05. The van der Waals surface area contributed by atoms with Crippen LogP contribution in [-0.2, 0) is 6.30 Å². The third kappa shape index (κ3) is 1.12. The van der Waals surface area contributed by atoms with Crippen molar-refractivity contribution in [3.8, 4) is 0 Å². The molecule has 0 radical (unpaired) electrons. The van der Waals surface area contributed by atoms with Crippen LogP contribution in [0.1, 0.15) is 5.82 Å². The molecule has 0 aromatic carbocycles. The van der Waals surface area contributed by atoms with Crippen molar-refractivity contribution >= 4 is 0 Å². The molecular weight excluding hydrogens is 145 g/mol. The fourth-order valence-corrected chi connectivity index (χ4v) is 0.646. The van der Waals surface area contributed by atoms with Crippen LogP contribution in [0.15, 0.2) is 12.4 Å². The van der Waals surface area contributed by atoms with Crippen molar-refractivity contribution in [2.24, 2.45) is 0 Å². The van der Waals surface area contributed by atoms with Gasteiger partial charge in [0.15, 0.2) is 0 Å². The number of alkyl halides is 3. The number of halogens is 3. The molecular formula is C5H5F3N2. The fourth-order valence-electron chi connectivity index (χ4n) is 0.646. The van der Waals surface area contributed by atoms with E-state index in [1.807, 2.05) is 0 Å². The lowest BCUT2D eigenvalue weighted by molar-refractivity contribution is -0.205. The van der Waals surface area contributed by atoms with E-state index in [9.17, 15) is 13.2 Å². The van der Waals surface area contributed by atoms with Gasteiger partial charge in [0, 0.05) is 12.4 Å². The fraction of sp³-hybridized carbons (Fsp3) is 0.400. The first-order valence-electron chi connectivity index (χ1n) is 2.59. The van der Waals surface area contributed by atoms with Crippen LogP contribution in [0.3, 0.4) is 0 Å². The van der Waals surface area contributed by atoms with Crippen molar-refractivity contribution in [2.45, 2.75) is 13.2 Å². The summed E-state index contributed by atoms with van der Waals surface area (Å²) in [7, 11) is 0. The molecule has 56 valence electrons. The number of rotatable bonds is 0. The number of nitrogens with zero attached hydrogens (tertiary/aromatic N) is 2. The highest BCUT2D eigenvalue weighted by Crippen LogP contribution is 2.22. The van der Waals surface area contributed by atoms with Gasteiger partial charge >= 0.3 is 6.30 Å². The van der Waals surface area contributed by atoms with Gasteiger partial charge in [0.25, 0.3) is 0 Å². The second-order valence-corrected chi connectivity index (χ2v) is 1.81. The Morgan fingerprint density at radius 3 is 2.30 bits per heavy atom. The molecule has 0 amide bonds. The lowest BCUT2D eigenvalue weighted by Gasteiger charge is -2.07. The van der Waals surface area contributed by atoms with E-state index in [0.29, 0.717) is 0 Å². The van der Waals surface area contributed by atoms with Crippen molar-refractivity contribution in [2.75, 3.05) is 0 Å². The molecule has 0 spiro atoms. The average molecular weight is 150 g/mol. The minimum absolute atomic E-state index is 0.0486. The first-order valence-corrected chi connectivity index (χ1v) is 2.59. The van der Waals surface area contributed by atoms with Crippen molar-refractivity contribution in [3.05, 3.63) is 18.2 Å².